The Labute approximate surface area is 131 Å². The van der Waals surface area contributed by atoms with Gasteiger partial charge in [-0.1, -0.05) is 11.6 Å². The van der Waals surface area contributed by atoms with E-state index in [1.165, 1.54) is 4.57 Å². The molecule has 2 aromatic heterocycles. The van der Waals surface area contributed by atoms with E-state index >= 15 is 0 Å². The van der Waals surface area contributed by atoms with Crippen LogP contribution in [-0.2, 0) is 0 Å². The van der Waals surface area contributed by atoms with Crippen molar-refractivity contribution in [1.29, 1.82) is 0 Å². The SMILES string of the molecule is CNC(=O)n1cc(Cl)c2cc(Oc3ccnc(N)c3)ccc21. The number of nitrogens with zero attached hydrogens (tertiary/aromatic N) is 2. The molecule has 112 valence electrons. The molecule has 1 amide bonds. The number of aromatic nitrogens is 2. The van der Waals surface area contributed by atoms with Crippen LogP contribution in [0, 0.1) is 0 Å². The summed E-state index contributed by atoms with van der Waals surface area (Å²) in [6.07, 6.45) is 3.14. The number of carbonyl (C=O) groups excluding carboxylic acids is 1. The van der Waals surface area contributed by atoms with Crippen LogP contribution in [-0.4, -0.2) is 22.6 Å². The summed E-state index contributed by atoms with van der Waals surface area (Å²) >= 11 is 6.19. The maximum Gasteiger partial charge on any atom is 0.325 e. The van der Waals surface area contributed by atoms with Crippen LogP contribution < -0.4 is 15.8 Å². The number of hydrogen-bond acceptors (Lipinski definition) is 4. The number of rotatable bonds is 2. The lowest BCUT2D eigenvalue weighted by atomic mass is 10.2. The fourth-order valence-corrected chi connectivity index (χ4v) is 2.40. The van der Waals surface area contributed by atoms with Gasteiger partial charge in [0.25, 0.3) is 0 Å². The number of nitrogen functional groups attached to an aromatic ring is 1. The number of halogens is 1. The van der Waals surface area contributed by atoms with Crippen LogP contribution in [0.15, 0.2) is 42.7 Å². The zero-order valence-corrected chi connectivity index (χ0v) is 12.5. The second-order valence-corrected chi connectivity index (χ2v) is 5.01. The third kappa shape index (κ3) is 2.56. The average molecular weight is 317 g/mol. The molecule has 0 unspecified atom stereocenters. The lowest BCUT2D eigenvalue weighted by Crippen LogP contribution is -2.23. The zero-order valence-electron chi connectivity index (χ0n) is 11.7. The molecule has 7 heteroatoms. The molecule has 0 bridgehead atoms. The van der Waals surface area contributed by atoms with Gasteiger partial charge in [-0.3, -0.25) is 4.57 Å². The topological polar surface area (TPSA) is 82.2 Å². The molecule has 0 aliphatic heterocycles. The van der Waals surface area contributed by atoms with Crippen LogP contribution in [0.3, 0.4) is 0 Å². The summed E-state index contributed by atoms with van der Waals surface area (Å²) in [4.78, 5) is 15.7. The van der Waals surface area contributed by atoms with Gasteiger partial charge in [-0.15, -0.1) is 0 Å². The maximum absolute atomic E-state index is 11.8. The molecule has 0 radical (unpaired) electrons. The van der Waals surface area contributed by atoms with Crippen molar-refractivity contribution in [2.24, 2.45) is 0 Å². The minimum Gasteiger partial charge on any atom is -0.457 e. The van der Waals surface area contributed by atoms with Gasteiger partial charge in [0.2, 0.25) is 0 Å². The fraction of sp³-hybridized carbons (Fsp3) is 0.0667. The monoisotopic (exact) mass is 316 g/mol. The Bertz CT molecular complexity index is 860. The Kier molecular flexibility index (Phi) is 3.60. The fourth-order valence-electron chi connectivity index (χ4n) is 2.15. The summed E-state index contributed by atoms with van der Waals surface area (Å²) in [5.74, 6) is 1.55. The van der Waals surface area contributed by atoms with E-state index in [2.05, 4.69) is 10.3 Å². The minimum atomic E-state index is -0.257. The molecule has 22 heavy (non-hydrogen) atoms. The molecule has 3 N–H and O–H groups in total. The van der Waals surface area contributed by atoms with E-state index in [-0.39, 0.29) is 6.03 Å². The van der Waals surface area contributed by atoms with Gasteiger partial charge in [0.1, 0.15) is 17.3 Å². The molecular weight excluding hydrogens is 304 g/mol. The average Bonchev–Trinajstić information content (AvgIpc) is 2.83. The van der Waals surface area contributed by atoms with Gasteiger partial charge >= 0.3 is 6.03 Å². The second kappa shape index (κ2) is 5.57. The Morgan fingerprint density at radius 1 is 1.32 bits per heavy atom. The standard InChI is InChI=1S/C15H13ClN4O2/c1-18-15(21)20-8-12(16)11-6-9(2-3-13(11)20)22-10-4-5-19-14(17)7-10/h2-8H,1H3,(H2,17,19)(H,18,21). The molecular formula is C15H13ClN4O2. The Morgan fingerprint density at radius 2 is 2.09 bits per heavy atom. The van der Waals surface area contributed by atoms with Gasteiger partial charge in [-0.05, 0) is 24.3 Å². The number of anilines is 1. The number of carbonyl (C=O) groups is 1. The Balaban J connectivity index is 2.00. The molecule has 0 saturated heterocycles. The number of hydrogen-bond donors (Lipinski definition) is 2. The number of nitrogens with one attached hydrogen (secondary N) is 1. The summed E-state index contributed by atoms with van der Waals surface area (Å²) < 4.78 is 7.18. The van der Waals surface area contributed by atoms with Gasteiger partial charge in [0.05, 0.1) is 10.5 Å². The summed E-state index contributed by atoms with van der Waals surface area (Å²) in [7, 11) is 1.56. The van der Waals surface area contributed by atoms with Crippen molar-refractivity contribution < 1.29 is 9.53 Å². The highest BCUT2D eigenvalue weighted by Gasteiger charge is 2.12. The first-order chi connectivity index (χ1) is 10.6. The minimum absolute atomic E-state index is 0.257. The van der Waals surface area contributed by atoms with Gasteiger partial charge < -0.3 is 15.8 Å². The van der Waals surface area contributed by atoms with Crippen LogP contribution in [0.4, 0.5) is 10.6 Å². The van der Waals surface area contributed by atoms with Crippen molar-refractivity contribution in [1.82, 2.24) is 14.9 Å². The van der Waals surface area contributed by atoms with E-state index < -0.39 is 0 Å². The lowest BCUT2D eigenvalue weighted by Gasteiger charge is -2.07. The van der Waals surface area contributed by atoms with Crippen LogP contribution in [0.1, 0.15) is 0 Å². The van der Waals surface area contributed by atoms with Crippen molar-refractivity contribution in [3.63, 3.8) is 0 Å². The van der Waals surface area contributed by atoms with Crippen LogP contribution in [0.2, 0.25) is 5.02 Å². The quantitative estimate of drug-likeness (QED) is 0.760. The normalized spacial score (nSPS) is 10.6. The first-order valence-corrected chi connectivity index (χ1v) is 6.88. The molecule has 3 rings (SSSR count). The maximum atomic E-state index is 11.8. The zero-order chi connectivity index (χ0) is 15.7. The van der Waals surface area contributed by atoms with Crippen LogP contribution in [0.5, 0.6) is 11.5 Å². The molecule has 2 heterocycles. The largest absolute Gasteiger partial charge is 0.457 e. The molecule has 3 aromatic rings. The molecule has 0 atom stereocenters. The highest BCUT2D eigenvalue weighted by atomic mass is 35.5. The molecule has 0 aliphatic rings. The summed E-state index contributed by atoms with van der Waals surface area (Å²) in [6.45, 7) is 0. The molecule has 6 nitrogen and oxygen atoms in total. The smallest absolute Gasteiger partial charge is 0.325 e. The third-order valence-electron chi connectivity index (χ3n) is 3.15. The van der Waals surface area contributed by atoms with Crippen molar-refractivity contribution in [2.75, 3.05) is 12.8 Å². The predicted molar refractivity (Wildman–Crippen MR) is 85.5 cm³/mol. The highest BCUT2D eigenvalue weighted by molar-refractivity contribution is 6.36. The van der Waals surface area contributed by atoms with Crippen LogP contribution in [0.25, 0.3) is 10.9 Å². The van der Waals surface area contributed by atoms with E-state index in [1.54, 1.807) is 49.8 Å². The number of amides is 1. The molecule has 0 aliphatic carbocycles. The van der Waals surface area contributed by atoms with Crippen molar-refractivity contribution >= 4 is 34.4 Å². The molecule has 0 saturated carbocycles. The molecule has 0 spiro atoms. The van der Waals surface area contributed by atoms with Gasteiger partial charge in [-0.25, -0.2) is 9.78 Å². The number of fused-ring (bicyclic) bond motifs is 1. The lowest BCUT2D eigenvalue weighted by molar-refractivity contribution is 0.245. The van der Waals surface area contributed by atoms with E-state index in [9.17, 15) is 4.79 Å². The second-order valence-electron chi connectivity index (χ2n) is 4.60. The number of nitrogens with two attached hydrogens (primary N) is 1. The molecule has 0 fully saturated rings. The van der Waals surface area contributed by atoms with Gasteiger partial charge in [0, 0.05) is 30.9 Å². The van der Waals surface area contributed by atoms with Crippen LogP contribution >= 0.6 is 11.6 Å². The van der Waals surface area contributed by atoms with Gasteiger partial charge in [-0.2, -0.15) is 0 Å². The van der Waals surface area contributed by atoms with Crippen molar-refractivity contribution in [2.45, 2.75) is 0 Å². The molecule has 1 aromatic carbocycles. The Hall–Kier alpha value is -2.73. The van der Waals surface area contributed by atoms with Gasteiger partial charge in [0.15, 0.2) is 0 Å². The highest BCUT2D eigenvalue weighted by Crippen LogP contribution is 2.31. The summed E-state index contributed by atoms with van der Waals surface area (Å²) in [6, 6.07) is 8.38. The van der Waals surface area contributed by atoms with Crippen molar-refractivity contribution in [3.8, 4) is 11.5 Å². The first kappa shape index (κ1) is 14.2. The van der Waals surface area contributed by atoms with E-state index in [0.717, 1.165) is 5.39 Å². The van der Waals surface area contributed by atoms with E-state index in [0.29, 0.717) is 27.9 Å². The summed E-state index contributed by atoms with van der Waals surface area (Å²) in [5, 5.41) is 3.76. The van der Waals surface area contributed by atoms with Crippen molar-refractivity contribution in [3.05, 3.63) is 47.7 Å². The number of ether oxygens (including phenoxy) is 1. The van der Waals surface area contributed by atoms with E-state index in [1.807, 2.05) is 0 Å². The van der Waals surface area contributed by atoms with E-state index in [4.69, 9.17) is 22.1 Å². The number of pyridine rings is 1. The Morgan fingerprint density at radius 3 is 2.82 bits per heavy atom. The third-order valence-corrected chi connectivity index (χ3v) is 3.45. The number of benzene rings is 1. The summed E-state index contributed by atoms with van der Waals surface area (Å²) in [5.41, 5.74) is 6.32. The first-order valence-electron chi connectivity index (χ1n) is 6.50. The predicted octanol–water partition coefficient (Wildman–Crippen LogP) is 3.25.